The van der Waals surface area contributed by atoms with Crippen LogP contribution in [0, 0.1) is 0 Å². The van der Waals surface area contributed by atoms with Crippen LogP contribution in [0.25, 0.3) is 72.3 Å². The molecule has 0 saturated carbocycles. The molecular weight excluding hydrogens is 905 g/mol. The Bertz CT molecular complexity index is 3680. The topological polar surface area (TPSA) is 6.48 Å². The second-order valence-corrected chi connectivity index (χ2v) is 18.6. The summed E-state index contributed by atoms with van der Waals surface area (Å²) in [5.41, 5.74) is 22.6. The van der Waals surface area contributed by atoms with Crippen LogP contribution in [0.2, 0.25) is 0 Å². The van der Waals surface area contributed by atoms with Crippen molar-refractivity contribution in [2.45, 2.75) is 6.92 Å². The van der Waals surface area contributed by atoms with E-state index in [1.165, 1.54) is 61.2 Å². The molecule has 2 heteroatoms. The van der Waals surface area contributed by atoms with Gasteiger partial charge in [0.1, 0.15) is 0 Å². The Morgan fingerprint density at radius 2 is 0.493 bits per heavy atom. The maximum atomic E-state index is 4.60. The van der Waals surface area contributed by atoms with Crippen LogP contribution in [0.5, 0.6) is 0 Å². The van der Waals surface area contributed by atoms with Gasteiger partial charge in [0.05, 0.1) is 0 Å². The standard InChI is InChI=1S/C73H56N2/c1-3-68(74(69-46-35-64(36-47-69)58-20-12-6-13-21-58)70-48-39-66(40-49-70)62-29-25-60(26-30-62)56-16-8-4-9-17-56)43-24-54(2)55-33-44-71(45-34-55)75(72-50-37-65(38-51-72)59-22-14-7-15-23-59)73-52-41-67(42-53-73)63-31-27-61(28-32-63)57-18-10-5-11-19-57/h3-53H,2H2,1H3/b43-24-,68-3+. The van der Waals surface area contributed by atoms with E-state index in [4.69, 9.17) is 0 Å². The van der Waals surface area contributed by atoms with Crippen molar-refractivity contribution in [2.24, 2.45) is 0 Å². The minimum atomic E-state index is 0.913. The molecule has 0 spiro atoms. The van der Waals surface area contributed by atoms with E-state index in [0.29, 0.717) is 0 Å². The first-order chi connectivity index (χ1) is 37.0. The lowest BCUT2D eigenvalue weighted by Gasteiger charge is -2.27. The zero-order valence-corrected chi connectivity index (χ0v) is 42.0. The van der Waals surface area contributed by atoms with Gasteiger partial charge >= 0.3 is 0 Å². The predicted octanol–water partition coefficient (Wildman–Crippen LogP) is 20.5. The third-order valence-corrected chi connectivity index (χ3v) is 13.9. The summed E-state index contributed by atoms with van der Waals surface area (Å²) in [7, 11) is 0. The molecule has 0 aliphatic rings. The molecule has 0 bridgehead atoms. The Kier molecular flexibility index (Phi) is 14.2. The molecule has 0 fully saturated rings. The van der Waals surface area contributed by atoms with Gasteiger partial charge in [0.2, 0.25) is 0 Å². The molecule has 0 amide bonds. The number of rotatable bonds is 15. The van der Waals surface area contributed by atoms with Crippen LogP contribution in [-0.2, 0) is 0 Å². The van der Waals surface area contributed by atoms with E-state index in [9.17, 15) is 0 Å². The van der Waals surface area contributed by atoms with Crippen molar-refractivity contribution in [3.63, 3.8) is 0 Å². The molecule has 0 aliphatic heterocycles. The van der Waals surface area contributed by atoms with Gasteiger partial charge in [-0.1, -0.05) is 249 Å². The van der Waals surface area contributed by atoms with Gasteiger partial charge in [-0.05, 0) is 152 Å². The molecule has 11 rings (SSSR count). The highest BCUT2D eigenvalue weighted by Crippen LogP contribution is 2.39. The summed E-state index contributed by atoms with van der Waals surface area (Å²) in [6.45, 7) is 6.69. The first kappa shape index (κ1) is 47.6. The van der Waals surface area contributed by atoms with E-state index in [1.807, 2.05) is 0 Å². The van der Waals surface area contributed by atoms with Crippen LogP contribution in [0.3, 0.4) is 0 Å². The van der Waals surface area contributed by atoms with Crippen molar-refractivity contribution in [1.82, 2.24) is 0 Å². The van der Waals surface area contributed by atoms with Crippen LogP contribution in [0.4, 0.5) is 28.4 Å². The van der Waals surface area contributed by atoms with Crippen LogP contribution >= 0.6 is 0 Å². The lowest BCUT2D eigenvalue weighted by atomic mass is 10.00. The maximum absolute atomic E-state index is 4.60. The fourth-order valence-corrected chi connectivity index (χ4v) is 9.75. The predicted molar refractivity (Wildman–Crippen MR) is 321 cm³/mol. The van der Waals surface area contributed by atoms with Gasteiger partial charge in [-0.25, -0.2) is 0 Å². The monoisotopic (exact) mass is 960 g/mol. The maximum Gasteiger partial charge on any atom is 0.0462 e. The number of hydrogen-bond acceptors (Lipinski definition) is 2. The van der Waals surface area contributed by atoms with Crippen LogP contribution in [-0.4, -0.2) is 0 Å². The molecule has 0 atom stereocenters. The normalized spacial score (nSPS) is 11.3. The fraction of sp³-hybridized carbons (Fsp3) is 0.0137. The van der Waals surface area contributed by atoms with E-state index in [0.717, 1.165) is 50.8 Å². The lowest BCUT2D eigenvalue weighted by Crippen LogP contribution is -2.15. The molecule has 0 aliphatic carbocycles. The molecule has 11 aromatic carbocycles. The molecule has 2 nitrogen and oxygen atoms in total. The molecular formula is C73H56N2. The van der Waals surface area contributed by atoms with E-state index in [-0.39, 0.29) is 0 Å². The van der Waals surface area contributed by atoms with E-state index >= 15 is 0 Å². The van der Waals surface area contributed by atoms with Crippen LogP contribution < -0.4 is 9.80 Å². The fourth-order valence-electron chi connectivity index (χ4n) is 9.75. The number of anilines is 5. The average molecular weight is 961 g/mol. The highest BCUT2D eigenvalue weighted by Gasteiger charge is 2.16. The summed E-state index contributed by atoms with van der Waals surface area (Å²) in [6.07, 6.45) is 6.47. The van der Waals surface area contributed by atoms with Crippen molar-refractivity contribution < 1.29 is 0 Å². The summed E-state index contributed by atoms with van der Waals surface area (Å²) in [6, 6.07) is 104. The zero-order valence-electron chi connectivity index (χ0n) is 42.0. The van der Waals surface area contributed by atoms with E-state index in [1.54, 1.807) is 0 Å². The second kappa shape index (κ2) is 22.3. The van der Waals surface area contributed by atoms with Crippen LogP contribution in [0.15, 0.2) is 322 Å². The van der Waals surface area contributed by atoms with Crippen molar-refractivity contribution in [2.75, 3.05) is 9.80 Å². The molecule has 0 heterocycles. The lowest BCUT2D eigenvalue weighted by molar-refractivity contribution is 1.20. The van der Waals surface area contributed by atoms with Gasteiger partial charge < -0.3 is 9.80 Å². The first-order valence-electron chi connectivity index (χ1n) is 25.6. The third kappa shape index (κ3) is 10.9. The Balaban J connectivity index is 0.865. The number of hydrogen-bond donors (Lipinski definition) is 0. The SMILES string of the molecule is C=C(/C=C\C(=C/C)N(c1ccc(-c2ccccc2)cc1)c1ccc(-c2ccc(-c3ccccc3)cc2)cc1)c1ccc(N(c2ccc(-c3ccccc3)cc2)c2ccc(-c3ccc(-c4ccccc4)cc3)cc2)cc1. The van der Waals surface area contributed by atoms with Crippen molar-refractivity contribution in [1.29, 1.82) is 0 Å². The van der Waals surface area contributed by atoms with E-state index in [2.05, 4.69) is 333 Å². The van der Waals surface area contributed by atoms with Gasteiger partial charge in [0.15, 0.2) is 0 Å². The Morgan fingerprint density at radius 1 is 0.267 bits per heavy atom. The van der Waals surface area contributed by atoms with Crippen LogP contribution in [0.1, 0.15) is 12.5 Å². The minimum Gasteiger partial charge on any atom is -0.311 e. The molecule has 0 N–H and O–H groups in total. The molecule has 358 valence electrons. The quantitative estimate of drug-likeness (QED) is 0.0945. The van der Waals surface area contributed by atoms with Crippen molar-refractivity contribution in [3.05, 3.63) is 327 Å². The summed E-state index contributed by atoms with van der Waals surface area (Å²) < 4.78 is 0. The Morgan fingerprint density at radius 3 is 0.760 bits per heavy atom. The molecule has 75 heavy (non-hydrogen) atoms. The second-order valence-electron chi connectivity index (χ2n) is 18.6. The average Bonchev–Trinajstić information content (AvgIpc) is 3.50. The Labute approximate surface area is 442 Å². The van der Waals surface area contributed by atoms with Crippen molar-refractivity contribution >= 4 is 34.0 Å². The highest BCUT2D eigenvalue weighted by molar-refractivity contribution is 5.83. The number of benzene rings is 11. The molecule has 11 aromatic rings. The Hall–Kier alpha value is -9.76. The van der Waals surface area contributed by atoms with Gasteiger partial charge in [-0.3, -0.25) is 0 Å². The van der Waals surface area contributed by atoms with Gasteiger partial charge in [0.25, 0.3) is 0 Å². The molecule has 0 aromatic heterocycles. The molecule has 0 saturated heterocycles. The summed E-state index contributed by atoms with van der Waals surface area (Å²) in [4.78, 5) is 4.64. The summed E-state index contributed by atoms with van der Waals surface area (Å²) in [5.74, 6) is 0. The van der Waals surface area contributed by atoms with Crippen molar-refractivity contribution in [3.8, 4) is 66.8 Å². The minimum absolute atomic E-state index is 0.913. The largest absolute Gasteiger partial charge is 0.311 e. The van der Waals surface area contributed by atoms with Gasteiger partial charge in [0, 0.05) is 34.1 Å². The molecule has 0 unspecified atom stereocenters. The van der Waals surface area contributed by atoms with Gasteiger partial charge in [-0.2, -0.15) is 0 Å². The highest BCUT2D eigenvalue weighted by atomic mass is 15.1. The first-order valence-corrected chi connectivity index (χ1v) is 25.6. The smallest absolute Gasteiger partial charge is 0.0462 e. The zero-order chi connectivity index (χ0) is 50.8. The number of nitrogens with zero attached hydrogens (tertiary/aromatic N) is 2. The molecule has 0 radical (unpaired) electrons. The summed E-state index contributed by atoms with van der Waals surface area (Å²) >= 11 is 0. The van der Waals surface area contributed by atoms with Gasteiger partial charge in [-0.15, -0.1) is 0 Å². The number of allylic oxidation sites excluding steroid dienone is 4. The summed E-state index contributed by atoms with van der Waals surface area (Å²) in [5, 5.41) is 0. The van der Waals surface area contributed by atoms with E-state index < -0.39 is 0 Å². The third-order valence-electron chi connectivity index (χ3n) is 13.9.